The first-order valence-electron chi connectivity index (χ1n) is 4.94. The summed E-state index contributed by atoms with van der Waals surface area (Å²) in [4.78, 5) is 8.23. The molecule has 0 fully saturated rings. The number of nitrogens with zero attached hydrogens (tertiary/aromatic N) is 2. The van der Waals surface area contributed by atoms with Crippen molar-refractivity contribution in [1.82, 2.24) is 15.3 Å². The van der Waals surface area contributed by atoms with E-state index in [0.717, 1.165) is 24.6 Å². The molecule has 0 saturated heterocycles. The zero-order valence-electron chi connectivity index (χ0n) is 8.39. The normalized spacial score (nSPS) is 10.4. The number of hydrogen-bond donors (Lipinski definition) is 1. The van der Waals surface area contributed by atoms with Gasteiger partial charge in [-0.1, -0.05) is 0 Å². The van der Waals surface area contributed by atoms with Crippen molar-refractivity contribution in [3.63, 3.8) is 0 Å². The number of furan rings is 1. The second-order valence-electron chi connectivity index (χ2n) is 3.17. The van der Waals surface area contributed by atoms with E-state index in [-0.39, 0.29) is 0 Å². The Hall–Kier alpha value is -1.68. The van der Waals surface area contributed by atoms with Crippen LogP contribution in [0, 0.1) is 0 Å². The summed E-state index contributed by atoms with van der Waals surface area (Å²) in [6.07, 6.45) is 6.07. The van der Waals surface area contributed by atoms with Crippen LogP contribution < -0.4 is 5.32 Å². The van der Waals surface area contributed by atoms with Crippen LogP contribution in [-0.2, 0) is 13.0 Å². The van der Waals surface area contributed by atoms with Crippen LogP contribution in [0.5, 0.6) is 0 Å². The lowest BCUT2D eigenvalue weighted by molar-refractivity contribution is 0.497. The predicted octanol–water partition coefficient (Wildman–Crippen LogP) is 1.40. The molecular formula is C11H13N3O. The van der Waals surface area contributed by atoms with Crippen molar-refractivity contribution in [2.45, 2.75) is 13.0 Å². The fraction of sp³-hybridized carbons (Fsp3) is 0.273. The Balaban J connectivity index is 1.68. The summed E-state index contributed by atoms with van der Waals surface area (Å²) in [5, 5.41) is 3.25. The molecule has 2 aromatic rings. The van der Waals surface area contributed by atoms with Gasteiger partial charge in [0.25, 0.3) is 0 Å². The Kier molecular flexibility index (Phi) is 3.46. The molecule has 4 heteroatoms. The highest BCUT2D eigenvalue weighted by atomic mass is 16.3. The summed E-state index contributed by atoms with van der Waals surface area (Å²) in [5.41, 5.74) is 0. The molecule has 0 saturated carbocycles. The third-order valence-corrected chi connectivity index (χ3v) is 2.03. The third kappa shape index (κ3) is 3.18. The molecule has 2 heterocycles. The summed E-state index contributed by atoms with van der Waals surface area (Å²) < 4.78 is 5.21. The minimum atomic E-state index is 0.696. The van der Waals surface area contributed by atoms with Crippen LogP contribution in [0.1, 0.15) is 11.6 Å². The average molecular weight is 203 g/mol. The average Bonchev–Trinajstić information content (AvgIpc) is 2.79. The maximum Gasteiger partial charge on any atom is 0.141 e. The van der Waals surface area contributed by atoms with Gasteiger partial charge in [-0.25, -0.2) is 9.97 Å². The molecule has 15 heavy (non-hydrogen) atoms. The topological polar surface area (TPSA) is 51.0 Å². The van der Waals surface area contributed by atoms with E-state index in [4.69, 9.17) is 4.42 Å². The van der Waals surface area contributed by atoms with Crippen molar-refractivity contribution in [3.05, 3.63) is 48.4 Å². The smallest absolute Gasteiger partial charge is 0.141 e. The maximum absolute atomic E-state index is 5.21. The minimum absolute atomic E-state index is 0.696. The first kappa shape index (κ1) is 9.86. The Morgan fingerprint density at radius 3 is 2.80 bits per heavy atom. The van der Waals surface area contributed by atoms with Crippen LogP contribution in [0.2, 0.25) is 0 Å². The molecule has 0 aliphatic heterocycles. The highest BCUT2D eigenvalue weighted by molar-refractivity contribution is 4.98. The zero-order valence-corrected chi connectivity index (χ0v) is 8.39. The quantitative estimate of drug-likeness (QED) is 0.746. The van der Waals surface area contributed by atoms with E-state index in [0.29, 0.717) is 6.54 Å². The lowest BCUT2D eigenvalue weighted by Gasteiger charge is -2.01. The fourth-order valence-corrected chi connectivity index (χ4v) is 1.29. The lowest BCUT2D eigenvalue weighted by Crippen LogP contribution is -2.17. The number of aromatic nitrogens is 2. The van der Waals surface area contributed by atoms with Gasteiger partial charge in [-0.3, -0.25) is 0 Å². The molecule has 0 radical (unpaired) electrons. The van der Waals surface area contributed by atoms with Gasteiger partial charge in [0, 0.05) is 25.4 Å². The van der Waals surface area contributed by atoms with E-state index in [1.807, 2.05) is 18.2 Å². The maximum atomic E-state index is 5.21. The molecule has 78 valence electrons. The van der Waals surface area contributed by atoms with E-state index in [1.54, 1.807) is 18.7 Å². The van der Waals surface area contributed by atoms with E-state index in [9.17, 15) is 0 Å². The Bertz CT molecular complexity index is 372. The van der Waals surface area contributed by atoms with Crippen LogP contribution in [0.25, 0.3) is 0 Å². The molecule has 0 aliphatic rings. The Labute approximate surface area is 88.4 Å². The molecule has 2 rings (SSSR count). The fourth-order valence-electron chi connectivity index (χ4n) is 1.29. The van der Waals surface area contributed by atoms with Gasteiger partial charge in [0.05, 0.1) is 12.8 Å². The summed E-state index contributed by atoms with van der Waals surface area (Å²) in [6, 6.07) is 5.68. The van der Waals surface area contributed by atoms with Gasteiger partial charge in [-0.15, -0.1) is 0 Å². The minimum Gasteiger partial charge on any atom is -0.469 e. The molecule has 0 amide bonds. The largest absolute Gasteiger partial charge is 0.469 e. The van der Waals surface area contributed by atoms with Crippen molar-refractivity contribution < 1.29 is 4.42 Å². The van der Waals surface area contributed by atoms with Crippen molar-refractivity contribution in [2.75, 3.05) is 6.54 Å². The van der Waals surface area contributed by atoms with Crippen LogP contribution in [0.15, 0.2) is 41.3 Å². The molecule has 0 aromatic carbocycles. The van der Waals surface area contributed by atoms with Gasteiger partial charge >= 0.3 is 0 Å². The van der Waals surface area contributed by atoms with E-state index in [1.165, 1.54) is 0 Å². The second-order valence-corrected chi connectivity index (χ2v) is 3.17. The lowest BCUT2D eigenvalue weighted by atomic mass is 10.3. The molecule has 0 spiro atoms. The third-order valence-electron chi connectivity index (χ3n) is 2.03. The molecule has 0 bridgehead atoms. The molecule has 2 aromatic heterocycles. The Morgan fingerprint density at radius 1 is 1.20 bits per heavy atom. The van der Waals surface area contributed by atoms with E-state index >= 15 is 0 Å². The monoisotopic (exact) mass is 203 g/mol. The first-order valence-corrected chi connectivity index (χ1v) is 4.94. The number of nitrogens with one attached hydrogen (secondary N) is 1. The highest BCUT2D eigenvalue weighted by Gasteiger charge is 1.96. The summed E-state index contributed by atoms with van der Waals surface area (Å²) in [7, 11) is 0. The van der Waals surface area contributed by atoms with Crippen LogP contribution in [0.3, 0.4) is 0 Å². The molecule has 0 aliphatic carbocycles. The van der Waals surface area contributed by atoms with Crippen molar-refractivity contribution in [1.29, 1.82) is 0 Å². The molecule has 4 nitrogen and oxygen atoms in total. The van der Waals surface area contributed by atoms with E-state index in [2.05, 4.69) is 15.3 Å². The van der Waals surface area contributed by atoms with Gasteiger partial charge in [0.15, 0.2) is 0 Å². The standard InChI is InChI=1S/C11H13N3O/c1-3-10(15-8-1)4-7-12-9-11-13-5-2-6-14-11/h1-3,5-6,8,12H,4,7,9H2. The van der Waals surface area contributed by atoms with Crippen LogP contribution in [0.4, 0.5) is 0 Å². The molecular weight excluding hydrogens is 190 g/mol. The van der Waals surface area contributed by atoms with Crippen LogP contribution in [-0.4, -0.2) is 16.5 Å². The predicted molar refractivity (Wildman–Crippen MR) is 56.2 cm³/mol. The summed E-state index contributed by atoms with van der Waals surface area (Å²) >= 11 is 0. The van der Waals surface area contributed by atoms with Gasteiger partial charge in [0.1, 0.15) is 11.6 Å². The van der Waals surface area contributed by atoms with Crippen molar-refractivity contribution in [3.8, 4) is 0 Å². The van der Waals surface area contributed by atoms with Gasteiger partial charge in [-0.2, -0.15) is 0 Å². The zero-order chi connectivity index (χ0) is 10.3. The molecule has 0 unspecified atom stereocenters. The summed E-state index contributed by atoms with van der Waals surface area (Å²) in [6.45, 7) is 1.56. The second kappa shape index (κ2) is 5.26. The van der Waals surface area contributed by atoms with Crippen LogP contribution >= 0.6 is 0 Å². The van der Waals surface area contributed by atoms with Crippen molar-refractivity contribution in [2.24, 2.45) is 0 Å². The number of rotatable bonds is 5. The first-order chi connectivity index (χ1) is 7.45. The number of hydrogen-bond acceptors (Lipinski definition) is 4. The SMILES string of the molecule is c1cnc(CNCCc2ccco2)nc1. The van der Waals surface area contributed by atoms with Gasteiger partial charge in [0.2, 0.25) is 0 Å². The Morgan fingerprint density at radius 2 is 2.07 bits per heavy atom. The molecule has 0 atom stereocenters. The van der Waals surface area contributed by atoms with E-state index < -0.39 is 0 Å². The molecule has 1 N–H and O–H groups in total. The highest BCUT2D eigenvalue weighted by Crippen LogP contribution is 1.99. The van der Waals surface area contributed by atoms with Crippen molar-refractivity contribution >= 4 is 0 Å². The van der Waals surface area contributed by atoms with Gasteiger partial charge in [-0.05, 0) is 18.2 Å². The van der Waals surface area contributed by atoms with Gasteiger partial charge < -0.3 is 9.73 Å². The summed E-state index contributed by atoms with van der Waals surface area (Å²) in [5.74, 6) is 1.81.